The second-order valence-corrected chi connectivity index (χ2v) is 17.7. The highest BCUT2D eigenvalue weighted by molar-refractivity contribution is 14.1. The first-order valence-corrected chi connectivity index (χ1v) is 21.9. The van der Waals surface area contributed by atoms with Gasteiger partial charge in [-0.25, -0.2) is 0 Å². The summed E-state index contributed by atoms with van der Waals surface area (Å²) >= 11 is 2.29. The minimum absolute atomic E-state index is 0. The lowest BCUT2D eigenvalue weighted by molar-refractivity contribution is -0.434. The third kappa shape index (κ3) is 11.3. The van der Waals surface area contributed by atoms with E-state index >= 15 is 0 Å². The molecule has 48 heavy (non-hydrogen) atoms. The molecule has 0 saturated heterocycles. The van der Waals surface area contributed by atoms with E-state index in [4.69, 9.17) is 18.1 Å². The van der Waals surface area contributed by atoms with Crippen molar-refractivity contribution in [1.29, 1.82) is 0 Å². The second-order valence-electron chi connectivity index (χ2n) is 11.8. The van der Waals surface area contributed by atoms with Gasteiger partial charge in [-0.3, -0.25) is 14.1 Å². The molecule has 0 radical (unpaired) electrons. The summed E-state index contributed by atoms with van der Waals surface area (Å²) in [6.07, 6.45) is 2.31. The minimum Gasteiger partial charge on any atom is -1.00 e. The average Bonchev–Trinajstić information content (AvgIpc) is 3.42. The molecule has 0 amide bonds. The van der Waals surface area contributed by atoms with E-state index in [0.29, 0.717) is 45.2 Å². The topological polar surface area (TPSA) is 86.4 Å². The van der Waals surface area contributed by atoms with Crippen molar-refractivity contribution >= 4 is 60.6 Å². The van der Waals surface area contributed by atoms with Crippen molar-refractivity contribution in [3.8, 4) is 0 Å². The molecule has 0 fully saturated rings. The fourth-order valence-electron chi connectivity index (χ4n) is 6.26. The van der Waals surface area contributed by atoms with Gasteiger partial charge in [-0.15, -0.1) is 0 Å². The first-order valence-electron chi connectivity index (χ1n) is 17.0. The molecule has 2 heterocycles. The number of halogens is 2. The SMILES string of the molecule is CCI.CCOP(=O)(CCC1(C)C(C)=Nc2ccccc21)OCC.CCOP(=O)(CCC1(C)C(C)=[N+](CC)c2ccccc21)OCC.[I-]. The minimum atomic E-state index is -3.01. The molecule has 12 heteroatoms. The number of fused-ring (bicyclic) bond motifs is 2. The highest BCUT2D eigenvalue weighted by Gasteiger charge is 2.47. The fraction of sp³-hybridized carbons (Fsp3) is 0.611. The Balaban J connectivity index is 0.000000437. The highest BCUT2D eigenvalue weighted by Crippen LogP contribution is 2.53. The van der Waals surface area contributed by atoms with Gasteiger partial charge in [-0.2, -0.15) is 4.58 Å². The van der Waals surface area contributed by atoms with Gasteiger partial charge in [0.2, 0.25) is 5.69 Å². The predicted molar refractivity (Wildman–Crippen MR) is 207 cm³/mol. The molecule has 0 saturated carbocycles. The third-order valence-electron chi connectivity index (χ3n) is 8.97. The Bertz CT molecular complexity index is 1450. The molecule has 2 unspecified atom stereocenters. The summed E-state index contributed by atoms with van der Waals surface area (Å²) in [5, 5.41) is 0. The number of nitrogens with zero attached hydrogens (tertiary/aromatic N) is 2. The van der Waals surface area contributed by atoms with Crippen LogP contribution in [0.5, 0.6) is 0 Å². The van der Waals surface area contributed by atoms with Crippen LogP contribution in [0.25, 0.3) is 0 Å². The van der Waals surface area contributed by atoms with Gasteiger partial charge in [-0.1, -0.05) is 72.8 Å². The molecule has 0 bridgehead atoms. The lowest BCUT2D eigenvalue weighted by Crippen LogP contribution is -3.00. The van der Waals surface area contributed by atoms with E-state index in [2.05, 4.69) is 97.1 Å². The second kappa shape index (κ2) is 21.2. The highest BCUT2D eigenvalue weighted by atomic mass is 127. The largest absolute Gasteiger partial charge is 1.00 e. The summed E-state index contributed by atoms with van der Waals surface area (Å²) in [4.78, 5) is 4.64. The number of alkyl halides is 1. The van der Waals surface area contributed by atoms with E-state index in [-0.39, 0.29) is 34.8 Å². The number of hydrogen-bond acceptors (Lipinski definition) is 7. The zero-order valence-electron chi connectivity index (χ0n) is 30.7. The first-order chi connectivity index (χ1) is 22.3. The number of aliphatic imine (C=N–C) groups is 1. The molecule has 2 aromatic rings. The summed E-state index contributed by atoms with van der Waals surface area (Å²) in [6.45, 7) is 22.8. The Hall–Kier alpha value is -0.460. The molecule has 2 aliphatic rings. The predicted octanol–water partition coefficient (Wildman–Crippen LogP) is 7.89. The van der Waals surface area contributed by atoms with Gasteiger partial charge in [0.1, 0.15) is 6.54 Å². The van der Waals surface area contributed by atoms with Crippen LogP contribution in [0, 0.1) is 0 Å². The van der Waals surface area contributed by atoms with Gasteiger partial charge in [0.05, 0.1) is 49.9 Å². The van der Waals surface area contributed by atoms with Gasteiger partial charge in [0.25, 0.3) is 0 Å². The van der Waals surface area contributed by atoms with Crippen molar-refractivity contribution < 1.29 is 55.8 Å². The Morgan fingerprint density at radius 2 is 1.12 bits per heavy atom. The maximum absolute atomic E-state index is 12.8. The monoisotopic (exact) mass is 930 g/mol. The van der Waals surface area contributed by atoms with Crippen LogP contribution in [0.15, 0.2) is 53.5 Å². The summed E-state index contributed by atoms with van der Waals surface area (Å²) in [5.74, 6) is 0. The zero-order chi connectivity index (χ0) is 35.3. The Labute approximate surface area is 321 Å². The lowest BCUT2D eigenvalue weighted by atomic mass is 9.78. The standard InChI is InChI=1S/C18H29NO3P.C16H24NO3P.C2H5I.HI/c1-6-19-15(4)18(5,16-11-9-10-12-17(16)19)13-14-23(20,21-7-2)22-8-3;1-5-19-21(18,20-6-2)12-11-16(4)13(3)17-15-10-8-7-9-14(15)16;1-2-3;/h9-12H,6-8,13-14H2,1-5H3;7-10H,5-6,11-12H2,1-4H3;2H2,1H3;1H/q+1;;;/p-1. The molecule has 0 aromatic heterocycles. The number of benzene rings is 2. The summed E-state index contributed by atoms with van der Waals surface area (Å²) in [7, 11) is -6.02. The van der Waals surface area contributed by atoms with Crippen LogP contribution in [0.2, 0.25) is 0 Å². The quantitative estimate of drug-likeness (QED) is 0.0783. The van der Waals surface area contributed by atoms with Crippen molar-refractivity contribution in [1.82, 2.24) is 0 Å². The Kier molecular flexibility index (Phi) is 20.1. The van der Waals surface area contributed by atoms with Crippen LogP contribution in [0.4, 0.5) is 11.4 Å². The molecule has 2 aromatic carbocycles. The molecule has 0 spiro atoms. The van der Waals surface area contributed by atoms with E-state index in [1.54, 1.807) is 0 Å². The fourth-order valence-corrected chi connectivity index (χ4v) is 9.95. The average molecular weight is 931 g/mol. The molecule has 2 atom stereocenters. The maximum atomic E-state index is 12.8. The molecule has 0 N–H and O–H groups in total. The van der Waals surface area contributed by atoms with Gasteiger partial charge in [-0.05, 0) is 77.4 Å². The molecule has 0 aliphatic carbocycles. The third-order valence-corrected chi connectivity index (χ3v) is 13.1. The van der Waals surface area contributed by atoms with E-state index in [0.717, 1.165) is 24.4 Å². The molecular formula is C36H58I2N2O6P2. The molecule has 4 rings (SSSR count). The number of rotatable bonds is 15. The van der Waals surface area contributed by atoms with Crippen molar-refractivity contribution in [2.75, 3.05) is 49.7 Å². The number of para-hydroxylation sites is 2. The molecule has 8 nitrogen and oxygen atoms in total. The summed E-state index contributed by atoms with van der Waals surface area (Å²) in [5.41, 5.74) is 6.82. The van der Waals surface area contributed by atoms with E-state index in [1.807, 2.05) is 52.8 Å². The Morgan fingerprint density at radius 1 is 0.708 bits per heavy atom. The van der Waals surface area contributed by atoms with E-state index < -0.39 is 15.2 Å². The van der Waals surface area contributed by atoms with Gasteiger partial charge in [0.15, 0.2) is 5.71 Å². The van der Waals surface area contributed by atoms with Crippen molar-refractivity contribution in [2.24, 2.45) is 4.99 Å². The van der Waals surface area contributed by atoms with Crippen LogP contribution < -0.4 is 24.0 Å². The summed E-state index contributed by atoms with van der Waals surface area (Å²) in [6, 6.07) is 16.6. The van der Waals surface area contributed by atoms with E-state index in [1.165, 1.54) is 27.0 Å². The Morgan fingerprint density at radius 3 is 1.58 bits per heavy atom. The van der Waals surface area contributed by atoms with Crippen molar-refractivity contribution in [3.63, 3.8) is 0 Å². The smallest absolute Gasteiger partial charge is 0.330 e. The lowest BCUT2D eigenvalue weighted by Gasteiger charge is -2.28. The van der Waals surface area contributed by atoms with E-state index in [9.17, 15) is 9.13 Å². The van der Waals surface area contributed by atoms with Crippen LogP contribution in [0.3, 0.4) is 0 Å². The van der Waals surface area contributed by atoms with Crippen molar-refractivity contribution in [2.45, 2.75) is 92.9 Å². The first kappa shape index (κ1) is 45.6. The molecular weight excluding hydrogens is 872 g/mol. The number of hydrogen-bond donors (Lipinski definition) is 0. The van der Waals surface area contributed by atoms with Gasteiger partial charge < -0.3 is 42.1 Å². The van der Waals surface area contributed by atoms with Crippen molar-refractivity contribution in [3.05, 3.63) is 59.7 Å². The van der Waals surface area contributed by atoms with Crippen LogP contribution in [-0.2, 0) is 38.1 Å². The van der Waals surface area contributed by atoms with Crippen LogP contribution in [0.1, 0.15) is 93.2 Å². The van der Waals surface area contributed by atoms with Crippen LogP contribution in [-0.4, -0.2) is 65.7 Å². The van der Waals surface area contributed by atoms with Gasteiger partial charge in [0, 0.05) is 29.7 Å². The molecule has 2 aliphatic heterocycles. The summed E-state index contributed by atoms with van der Waals surface area (Å²) < 4.78 is 50.7. The van der Waals surface area contributed by atoms with Crippen LogP contribution >= 0.6 is 37.8 Å². The normalized spacial score (nSPS) is 19.7. The van der Waals surface area contributed by atoms with Gasteiger partial charge >= 0.3 is 15.2 Å². The maximum Gasteiger partial charge on any atom is 0.330 e. The molecule has 272 valence electrons. The zero-order valence-corrected chi connectivity index (χ0v) is 36.8.